The van der Waals surface area contributed by atoms with Crippen LogP contribution in [0.5, 0.6) is 0 Å². The molecule has 3 N–H and O–H groups in total. The summed E-state index contributed by atoms with van der Waals surface area (Å²) in [6.07, 6.45) is 0. The fourth-order valence-corrected chi connectivity index (χ4v) is 3.71. The monoisotopic (exact) mass is 400 g/mol. The summed E-state index contributed by atoms with van der Waals surface area (Å²) < 4.78 is 0. The molecule has 1 heterocycles. The van der Waals surface area contributed by atoms with E-state index in [4.69, 9.17) is 0 Å². The highest BCUT2D eigenvalue weighted by atomic mass is 16.2. The molecule has 1 fully saturated rings. The highest BCUT2D eigenvalue weighted by molar-refractivity contribution is 5.96. The van der Waals surface area contributed by atoms with Gasteiger partial charge in [0.1, 0.15) is 0 Å². The number of carbonyl (C=O) groups excluding carboxylic acids is 2. The van der Waals surface area contributed by atoms with Crippen LogP contribution < -0.4 is 20.9 Å². The average molecular weight is 400 g/mol. The molecule has 0 aliphatic carbocycles. The minimum absolute atomic E-state index is 0.127. The Morgan fingerprint density at radius 1 is 0.933 bits per heavy atom. The molecule has 0 radical (unpaired) electrons. The lowest BCUT2D eigenvalue weighted by molar-refractivity contribution is 0.244. The zero-order valence-electron chi connectivity index (χ0n) is 16.8. The summed E-state index contributed by atoms with van der Waals surface area (Å²) in [5.41, 5.74) is 2.62. The summed E-state index contributed by atoms with van der Waals surface area (Å²) in [6, 6.07) is 26.6. The molecule has 4 rings (SSSR count). The van der Waals surface area contributed by atoms with E-state index in [1.165, 1.54) is 0 Å². The summed E-state index contributed by atoms with van der Waals surface area (Å²) in [4.78, 5) is 26.5. The van der Waals surface area contributed by atoms with Crippen LogP contribution in [-0.2, 0) is 5.54 Å². The molecule has 0 bridgehead atoms. The zero-order chi connectivity index (χ0) is 21.0. The standard InChI is InChI=1S/C24H24N4O2/c1-24(18-9-4-2-5-10-18,19-11-6-3-7-12-19)27-22(29)26-20-13-8-14-21(17-20)28-16-15-25-23(28)30/h2-14,17H,15-16H2,1H3,(H,25,30)(H2,26,27,29). The van der Waals surface area contributed by atoms with Crippen molar-refractivity contribution in [3.63, 3.8) is 0 Å². The third-order valence-electron chi connectivity index (χ3n) is 5.34. The smallest absolute Gasteiger partial charge is 0.321 e. The van der Waals surface area contributed by atoms with Crippen LogP contribution in [0.2, 0.25) is 0 Å². The Bertz CT molecular complexity index is 998. The molecule has 6 nitrogen and oxygen atoms in total. The predicted molar refractivity (Wildman–Crippen MR) is 119 cm³/mol. The van der Waals surface area contributed by atoms with Crippen LogP contribution in [0.15, 0.2) is 84.9 Å². The van der Waals surface area contributed by atoms with Crippen molar-refractivity contribution in [3.05, 3.63) is 96.1 Å². The number of nitrogens with one attached hydrogen (secondary N) is 3. The third kappa shape index (κ3) is 3.98. The Hall–Kier alpha value is -3.80. The molecule has 1 saturated heterocycles. The Kier molecular flexibility index (Phi) is 5.39. The van der Waals surface area contributed by atoms with Crippen LogP contribution >= 0.6 is 0 Å². The predicted octanol–water partition coefficient (Wildman–Crippen LogP) is 4.30. The SMILES string of the molecule is CC(NC(=O)Nc1cccc(N2CCNC2=O)c1)(c1ccccc1)c1ccccc1. The van der Waals surface area contributed by atoms with Gasteiger partial charge in [-0.05, 0) is 36.2 Å². The first-order chi connectivity index (χ1) is 14.6. The largest absolute Gasteiger partial charge is 0.336 e. The first kappa shape index (κ1) is 19.5. The van der Waals surface area contributed by atoms with Crippen LogP contribution in [0, 0.1) is 0 Å². The van der Waals surface area contributed by atoms with Crippen LogP contribution in [-0.4, -0.2) is 25.2 Å². The van der Waals surface area contributed by atoms with Crippen LogP contribution in [0.1, 0.15) is 18.1 Å². The van der Waals surface area contributed by atoms with Gasteiger partial charge in [0.15, 0.2) is 0 Å². The van der Waals surface area contributed by atoms with Crippen LogP contribution in [0.4, 0.5) is 21.0 Å². The van der Waals surface area contributed by atoms with Gasteiger partial charge in [0.2, 0.25) is 0 Å². The Morgan fingerprint density at radius 3 is 2.13 bits per heavy atom. The van der Waals surface area contributed by atoms with Crippen molar-refractivity contribution < 1.29 is 9.59 Å². The molecule has 0 spiro atoms. The van der Waals surface area contributed by atoms with Gasteiger partial charge in [-0.15, -0.1) is 0 Å². The van der Waals surface area contributed by atoms with Crippen molar-refractivity contribution in [2.45, 2.75) is 12.5 Å². The van der Waals surface area contributed by atoms with E-state index in [9.17, 15) is 9.59 Å². The van der Waals surface area contributed by atoms with Gasteiger partial charge in [0, 0.05) is 24.5 Å². The van der Waals surface area contributed by atoms with E-state index < -0.39 is 5.54 Å². The van der Waals surface area contributed by atoms with E-state index in [1.807, 2.05) is 79.7 Å². The highest BCUT2D eigenvalue weighted by Gasteiger charge is 2.30. The second-order valence-electron chi connectivity index (χ2n) is 7.37. The second-order valence-corrected chi connectivity index (χ2v) is 7.37. The van der Waals surface area contributed by atoms with Gasteiger partial charge in [0.25, 0.3) is 0 Å². The lowest BCUT2D eigenvalue weighted by Crippen LogP contribution is -2.46. The first-order valence-electron chi connectivity index (χ1n) is 9.92. The van der Waals surface area contributed by atoms with Crippen molar-refractivity contribution >= 4 is 23.4 Å². The van der Waals surface area contributed by atoms with Gasteiger partial charge in [-0.2, -0.15) is 0 Å². The molecule has 0 unspecified atom stereocenters. The molecule has 4 amide bonds. The van der Waals surface area contributed by atoms with E-state index in [1.54, 1.807) is 17.0 Å². The number of hydrogen-bond acceptors (Lipinski definition) is 2. The van der Waals surface area contributed by atoms with E-state index >= 15 is 0 Å². The molecule has 152 valence electrons. The van der Waals surface area contributed by atoms with Crippen LogP contribution in [0.25, 0.3) is 0 Å². The Labute approximate surface area is 175 Å². The number of rotatable bonds is 5. The molecule has 3 aromatic carbocycles. The van der Waals surface area contributed by atoms with Crippen molar-refractivity contribution in [3.8, 4) is 0 Å². The number of hydrogen-bond donors (Lipinski definition) is 3. The van der Waals surface area contributed by atoms with E-state index in [0.29, 0.717) is 18.8 Å². The molecular weight excluding hydrogens is 376 g/mol. The molecule has 0 aromatic heterocycles. The summed E-state index contributed by atoms with van der Waals surface area (Å²) in [6.45, 7) is 3.21. The molecule has 30 heavy (non-hydrogen) atoms. The van der Waals surface area contributed by atoms with Crippen molar-refractivity contribution in [1.82, 2.24) is 10.6 Å². The maximum atomic E-state index is 13.0. The number of carbonyl (C=O) groups is 2. The minimum atomic E-state index is -0.709. The summed E-state index contributed by atoms with van der Waals surface area (Å²) in [7, 11) is 0. The van der Waals surface area contributed by atoms with E-state index in [2.05, 4.69) is 16.0 Å². The molecule has 1 aliphatic heterocycles. The Balaban J connectivity index is 1.56. The number of urea groups is 2. The molecule has 6 heteroatoms. The minimum Gasteiger partial charge on any atom is -0.336 e. The number of benzene rings is 3. The average Bonchev–Trinajstić information content (AvgIpc) is 3.21. The number of nitrogens with zero attached hydrogens (tertiary/aromatic N) is 1. The second kappa shape index (κ2) is 8.29. The molecular formula is C24H24N4O2. The first-order valence-corrected chi connectivity index (χ1v) is 9.92. The zero-order valence-corrected chi connectivity index (χ0v) is 16.8. The topological polar surface area (TPSA) is 73.5 Å². The van der Waals surface area contributed by atoms with Crippen molar-refractivity contribution in [2.24, 2.45) is 0 Å². The van der Waals surface area contributed by atoms with Crippen LogP contribution in [0.3, 0.4) is 0 Å². The Morgan fingerprint density at radius 2 is 1.57 bits per heavy atom. The van der Waals surface area contributed by atoms with Gasteiger partial charge >= 0.3 is 12.1 Å². The fraction of sp³-hybridized carbons (Fsp3) is 0.167. The fourth-order valence-electron chi connectivity index (χ4n) is 3.71. The van der Waals surface area contributed by atoms with Gasteiger partial charge in [-0.25, -0.2) is 9.59 Å². The lowest BCUT2D eigenvalue weighted by atomic mass is 9.85. The highest BCUT2D eigenvalue weighted by Crippen LogP contribution is 2.29. The quantitative estimate of drug-likeness (QED) is 0.597. The lowest BCUT2D eigenvalue weighted by Gasteiger charge is -2.32. The molecule has 1 aliphatic rings. The maximum absolute atomic E-state index is 13.0. The molecule has 0 saturated carbocycles. The van der Waals surface area contributed by atoms with Crippen molar-refractivity contribution in [2.75, 3.05) is 23.3 Å². The normalized spacial score (nSPS) is 13.6. The number of anilines is 2. The van der Waals surface area contributed by atoms with Gasteiger partial charge < -0.3 is 16.0 Å². The van der Waals surface area contributed by atoms with Gasteiger partial charge in [-0.1, -0.05) is 66.7 Å². The summed E-state index contributed by atoms with van der Waals surface area (Å²) >= 11 is 0. The van der Waals surface area contributed by atoms with E-state index in [0.717, 1.165) is 16.8 Å². The maximum Gasteiger partial charge on any atom is 0.321 e. The van der Waals surface area contributed by atoms with Gasteiger partial charge in [0.05, 0.1) is 5.54 Å². The molecule has 0 atom stereocenters. The van der Waals surface area contributed by atoms with Crippen molar-refractivity contribution in [1.29, 1.82) is 0 Å². The van der Waals surface area contributed by atoms with Gasteiger partial charge in [-0.3, -0.25) is 4.90 Å². The number of amides is 4. The summed E-state index contributed by atoms with van der Waals surface area (Å²) in [5, 5.41) is 8.82. The van der Waals surface area contributed by atoms with E-state index in [-0.39, 0.29) is 12.1 Å². The molecule has 3 aromatic rings. The third-order valence-corrected chi connectivity index (χ3v) is 5.34. The summed E-state index contributed by atoms with van der Waals surface area (Å²) in [5.74, 6) is 0.